The number of urea groups is 1. The van der Waals surface area contributed by atoms with Crippen molar-refractivity contribution in [1.29, 1.82) is 0 Å². The lowest BCUT2D eigenvalue weighted by atomic mass is 10.2. The Morgan fingerprint density at radius 3 is 2.08 bits per heavy atom. The topological polar surface area (TPSA) is 102 Å². The molecule has 26 heavy (non-hydrogen) atoms. The first-order valence-corrected chi connectivity index (χ1v) is 9.00. The average Bonchev–Trinajstić information content (AvgIpc) is 2.60. The number of nitrogens with zero attached hydrogens (tertiary/aromatic N) is 1. The van der Waals surface area contributed by atoms with E-state index < -0.39 is 17.8 Å². The highest BCUT2D eigenvalue weighted by atomic mass is 79.9. The Morgan fingerprint density at radius 1 is 1.08 bits per heavy atom. The second kappa shape index (κ2) is 8.56. The number of primary amides is 1. The smallest absolute Gasteiger partial charge is 0.338 e. The second-order valence-corrected chi connectivity index (χ2v) is 7.06. The van der Waals surface area contributed by atoms with E-state index in [0.29, 0.717) is 25.9 Å². The SMILES string of the molecule is COc1c(Br)cc(C(=O)NC(=O)N(S)c2ccc(C(N)=O)cc2)cc1Br. The summed E-state index contributed by atoms with van der Waals surface area (Å²) >= 11 is 10.7. The summed E-state index contributed by atoms with van der Waals surface area (Å²) in [6.07, 6.45) is 0. The number of carbonyl (C=O) groups is 3. The van der Waals surface area contributed by atoms with Crippen LogP contribution in [0.15, 0.2) is 45.3 Å². The number of amides is 4. The van der Waals surface area contributed by atoms with Gasteiger partial charge in [-0.3, -0.25) is 14.9 Å². The zero-order chi connectivity index (χ0) is 19.4. The van der Waals surface area contributed by atoms with Gasteiger partial charge in [-0.25, -0.2) is 9.10 Å². The Bertz CT molecular complexity index is 851. The van der Waals surface area contributed by atoms with E-state index in [4.69, 9.17) is 10.5 Å². The first-order chi connectivity index (χ1) is 12.2. The Balaban J connectivity index is 2.13. The number of ether oxygens (including phenoxy) is 1. The molecular formula is C16H13Br2N3O4S. The van der Waals surface area contributed by atoms with Crippen molar-refractivity contribution >= 4 is 68.2 Å². The number of hydrogen-bond acceptors (Lipinski definition) is 5. The summed E-state index contributed by atoms with van der Waals surface area (Å²) < 4.78 is 7.21. The molecule has 0 unspecified atom stereocenters. The van der Waals surface area contributed by atoms with Gasteiger partial charge in [0.25, 0.3) is 5.91 Å². The monoisotopic (exact) mass is 501 g/mol. The van der Waals surface area contributed by atoms with Crippen LogP contribution in [-0.2, 0) is 0 Å². The molecule has 0 spiro atoms. The second-order valence-electron chi connectivity index (χ2n) is 4.96. The first-order valence-electron chi connectivity index (χ1n) is 7.01. The molecular weight excluding hydrogens is 490 g/mol. The van der Waals surface area contributed by atoms with Gasteiger partial charge in [0, 0.05) is 11.1 Å². The number of nitrogens with two attached hydrogens (primary N) is 1. The summed E-state index contributed by atoms with van der Waals surface area (Å²) in [5, 5.41) is 2.22. The van der Waals surface area contributed by atoms with Crippen molar-refractivity contribution in [3.05, 3.63) is 56.5 Å². The van der Waals surface area contributed by atoms with Crippen molar-refractivity contribution < 1.29 is 19.1 Å². The number of halogens is 2. The van der Waals surface area contributed by atoms with Crippen molar-refractivity contribution in [3.63, 3.8) is 0 Å². The Morgan fingerprint density at radius 2 is 1.62 bits per heavy atom. The standard InChI is InChI=1S/C16H13Br2N3O4S/c1-25-13-11(17)6-9(7-12(13)18)15(23)20-16(24)21(26)10-4-2-8(3-5-10)14(19)22/h2-7,26H,1H3,(H2,19,22)(H,20,23,24). The molecule has 0 radical (unpaired) electrons. The maximum atomic E-state index is 12.3. The molecule has 7 nitrogen and oxygen atoms in total. The highest BCUT2D eigenvalue weighted by molar-refractivity contribution is 9.11. The summed E-state index contributed by atoms with van der Waals surface area (Å²) in [4.78, 5) is 35.6. The normalized spacial score (nSPS) is 10.2. The number of nitrogens with one attached hydrogen (secondary N) is 1. The molecule has 0 aliphatic rings. The molecule has 136 valence electrons. The van der Waals surface area contributed by atoms with Crippen LogP contribution in [0.25, 0.3) is 0 Å². The van der Waals surface area contributed by atoms with Crippen LogP contribution in [0.2, 0.25) is 0 Å². The molecule has 4 amide bonds. The number of rotatable bonds is 4. The minimum atomic E-state index is -0.756. The molecule has 0 saturated carbocycles. The minimum absolute atomic E-state index is 0.240. The van der Waals surface area contributed by atoms with Crippen LogP contribution in [0, 0.1) is 0 Å². The lowest BCUT2D eigenvalue weighted by Gasteiger charge is -2.16. The van der Waals surface area contributed by atoms with Gasteiger partial charge in [-0.1, -0.05) is 12.8 Å². The van der Waals surface area contributed by atoms with Crippen molar-refractivity contribution in [2.45, 2.75) is 0 Å². The molecule has 2 aromatic carbocycles. The third-order valence-electron chi connectivity index (χ3n) is 3.27. The highest BCUT2D eigenvalue weighted by Gasteiger charge is 2.19. The van der Waals surface area contributed by atoms with E-state index >= 15 is 0 Å². The van der Waals surface area contributed by atoms with Gasteiger partial charge in [-0.05, 0) is 68.3 Å². The van der Waals surface area contributed by atoms with Gasteiger partial charge >= 0.3 is 6.03 Å². The summed E-state index contributed by atoms with van der Waals surface area (Å²) in [5.41, 5.74) is 6.06. The quantitative estimate of drug-likeness (QED) is 0.556. The van der Waals surface area contributed by atoms with Gasteiger partial charge in [0.2, 0.25) is 5.91 Å². The van der Waals surface area contributed by atoms with Crippen molar-refractivity contribution in [1.82, 2.24) is 5.32 Å². The molecule has 10 heteroatoms. The van der Waals surface area contributed by atoms with Crippen molar-refractivity contribution in [2.75, 3.05) is 11.4 Å². The largest absolute Gasteiger partial charge is 0.494 e. The number of benzene rings is 2. The summed E-state index contributed by atoms with van der Waals surface area (Å²) in [7, 11) is 1.50. The Kier molecular flexibility index (Phi) is 6.68. The van der Waals surface area contributed by atoms with E-state index in [1.54, 1.807) is 0 Å². The van der Waals surface area contributed by atoms with Gasteiger partial charge in [0.1, 0.15) is 5.75 Å². The average molecular weight is 503 g/mol. The molecule has 0 aromatic heterocycles. The molecule has 0 fully saturated rings. The van der Waals surface area contributed by atoms with E-state index in [2.05, 4.69) is 50.0 Å². The van der Waals surface area contributed by atoms with Crippen LogP contribution in [0.1, 0.15) is 20.7 Å². The number of carbonyl (C=O) groups excluding carboxylic acids is 3. The van der Waals surface area contributed by atoms with E-state index in [1.807, 2.05) is 0 Å². The van der Waals surface area contributed by atoms with Crippen LogP contribution in [0.5, 0.6) is 5.75 Å². The van der Waals surface area contributed by atoms with E-state index in [-0.39, 0.29) is 5.56 Å². The predicted octanol–water partition coefficient (Wildman–Crippen LogP) is 3.52. The molecule has 0 atom stereocenters. The van der Waals surface area contributed by atoms with Gasteiger partial charge in [0.05, 0.1) is 21.7 Å². The van der Waals surface area contributed by atoms with E-state index in [9.17, 15) is 14.4 Å². The third kappa shape index (κ3) is 4.57. The van der Waals surface area contributed by atoms with Crippen LogP contribution >= 0.6 is 44.7 Å². The van der Waals surface area contributed by atoms with Crippen LogP contribution in [0.4, 0.5) is 10.5 Å². The van der Waals surface area contributed by atoms with Crippen LogP contribution in [0.3, 0.4) is 0 Å². The maximum Gasteiger partial charge on any atom is 0.338 e. The molecule has 2 rings (SSSR count). The number of anilines is 1. The fourth-order valence-electron chi connectivity index (χ4n) is 1.99. The highest BCUT2D eigenvalue weighted by Crippen LogP contribution is 2.34. The number of methoxy groups -OCH3 is 1. The molecule has 0 aliphatic heterocycles. The molecule has 0 heterocycles. The summed E-state index contributed by atoms with van der Waals surface area (Å²) in [5.74, 6) is -0.678. The van der Waals surface area contributed by atoms with E-state index in [0.717, 1.165) is 4.31 Å². The number of hydrogen-bond donors (Lipinski definition) is 3. The predicted molar refractivity (Wildman–Crippen MR) is 108 cm³/mol. The van der Waals surface area contributed by atoms with E-state index in [1.165, 1.54) is 43.5 Å². The van der Waals surface area contributed by atoms with Gasteiger partial charge in [-0.15, -0.1) is 0 Å². The van der Waals surface area contributed by atoms with Gasteiger partial charge in [-0.2, -0.15) is 0 Å². The molecule has 3 N–H and O–H groups in total. The maximum absolute atomic E-state index is 12.3. The van der Waals surface area contributed by atoms with Crippen LogP contribution < -0.4 is 20.1 Å². The Labute approximate surface area is 171 Å². The zero-order valence-electron chi connectivity index (χ0n) is 13.3. The molecule has 0 saturated heterocycles. The molecule has 2 aromatic rings. The lowest BCUT2D eigenvalue weighted by molar-refractivity contribution is 0.0964. The van der Waals surface area contributed by atoms with Gasteiger partial charge in [0.15, 0.2) is 0 Å². The Hall–Kier alpha value is -2.04. The van der Waals surface area contributed by atoms with Crippen LogP contribution in [-0.4, -0.2) is 25.0 Å². The fourth-order valence-corrected chi connectivity index (χ4v) is 3.69. The van der Waals surface area contributed by atoms with Crippen molar-refractivity contribution in [3.8, 4) is 5.75 Å². The lowest BCUT2D eigenvalue weighted by Crippen LogP contribution is -2.38. The summed E-state index contributed by atoms with van der Waals surface area (Å²) in [6.45, 7) is 0. The zero-order valence-corrected chi connectivity index (χ0v) is 17.4. The minimum Gasteiger partial charge on any atom is -0.494 e. The molecule has 0 aliphatic carbocycles. The van der Waals surface area contributed by atoms with Gasteiger partial charge < -0.3 is 10.5 Å². The summed E-state index contributed by atoms with van der Waals surface area (Å²) in [6, 6.07) is 8.16. The third-order valence-corrected chi connectivity index (χ3v) is 4.86. The number of imide groups is 1. The molecule has 0 bridgehead atoms. The number of thiol groups is 1. The van der Waals surface area contributed by atoms with Crippen molar-refractivity contribution in [2.24, 2.45) is 5.73 Å². The fraction of sp³-hybridized carbons (Fsp3) is 0.0625. The first kappa shape index (κ1) is 20.3.